The molecule has 2 aromatic rings. The predicted molar refractivity (Wildman–Crippen MR) is 85.8 cm³/mol. The zero-order valence-electron chi connectivity index (χ0n) is 13.6. The molecule has 5 nitrogen and oxygen atoms in total. The predicted octanol–water partition coefficient (Wildman–Crippen LogP) is 2.60. The Morgan fingerprint density at radius 1 is 1.36 bits per heavy atom. The Kier molecular flexibility index (Phi) is 4.05. The van der Waals surface area contributed by atoms with Crippen LogP contribution in [0.4, 0.5) is 0 Å². The molecule has 0 atom stereocenters. The van der Waals surface area contributed by atoms with Gasteiger partial charge in [0.1, 0.15) is 0 Å². The number of aryl methyl sites for hydroxylation is 2. The number of hydrogen-bond acceptors (Lipinski definition) is 2. The van der Waals surface area contributed by atoms with Crippen molar-refractivity contribution < 1.29 is 4.79 Å². The van der Waals surface area contributed by atoms with Gasteiger partial charge in [-0.25, -0.2) is 0 Å². The van der Waals surface area contributed by atoms with Gasteiger partial charge in [0.25, 0.3) is 5.91 Å². The second-order valence-electron chi connectivity index (χ2n) is 6.28. The van der Waals surface area contributed by atoms with Crippen LogP contribution in [-0.2, 0) is 26.4 Å². The van der Waals surface area contributed by atoms with E-state index in [0.29, 0.717) is 6.54 Å². The molecule has 0 aliphatic heterocycles. The normalized spacial score (nSPS) is 14.5. The van der Waals surface area contributed by atoms with Gasteiger partial charge >= 0.3 is 0 Å². The largest absolute Gasteiger partial charge is 0.354 e. The molecule has 2 aromatic heterocycles. The number of nitrogens with one attached hydrogen (secondary N) is 1. The smallest absolute Gasteiger partial charge is 0.255 e. The molecule has 118 valence electrons. The lowest BCUT2D eigenvalue weighted by Gasteiger charge is -2.17. The highest BCUT2D eigenvalue weighted by Crippen LogP contribution is 2.23. The SMILES string of the molecule is Cc1c(C(=O)N(C)Cc2n[nH]c3c2CCCCC3)ccn1C. The van der Waals surface area contributed by atoms with E-state index in [2.05, 4.69) is 10.2 Å². The number of amides is 1. The first kappa shape index (κ1) is 14.9. The van der Waals surface area contributed by atoms with Gasteiger partial charge in [0, 0.05) is 31.7 Å². The molecule has 0 radical (unpaired) electrons. The first-order valence-electron chi connectivity index (χ1n) is 8.00. The van der Waals surface area contributed by atoms with E-state index in [0.717, 1.165) is 29.8 Å². The number of nitrogens with zero attached hydrogens (tertiary/aromatic N) is 3. The molecule has 0 saturated carbocycles. The Balaban J connectivity index is 1.77. The van der Waals surface area contributed by atoms with Crippen molar-refractivity contribution in [2.45, 2.75) is 45.6 Å². The number of carbonyl (C=O) groups excluding carboxylic acids is 1. The summed E-state index contributed by atoms with van der Waals surface area (Å²) >= 11 is 0. The van der Waals surface area contributed by atoms with Crippen LogP contribution in [0.25, 0.3) is 0 Å². The summed E-state index contributed by atoms with van der Waals surface area (Å²) < 4.78 is 1.97. The molecule has 1 amide bonds. The van der Waals surface area contributed by atoms with Crippen molar-refractivity contribution in [1.82, 2.24) is 19.7 Å². The molecule has 0 bridgehead atoms. The summed E-state index contributed by atoms with van der Waals surface area (Å²) in [6, 6.07) is 1.89. The molecule has 5 heteroatoms. The van der Waals surface area contributed by atoms with Gasteiger partial charge in [-0.2, -0.15) is 5.10 Å². The molecule has 1 aliphatic rings. The fraction of sp³-hybridized carbons (Fsp3) is 0.529. The minimum absolute atomic E-state index is 0.0588. The topological polar surface area (TPSA) is 53.9 Å². The summed E-state index contributed by atoms with van der Waals surface area (Å²) in [5.41, 5.74) is 5.40. The molecule has 22 heavy (non-hydrogen) atoms. The average Bonchev–Trinajstić information content (AvgIpc) is 2.94. The van der Waals surface area contributed by atoms with Crippen LogP contribution in [0.1, 0.15) is 52.3 Å². The van der Waals surface area contributed by atoms with Crippen LogP contribution >= 0.6 is 0 Å². The molecule has 0 unspecified atom stereocenters. The molecular formula is C17H24N4O. The lowest BCUT2D eigenvalue weighted by Crippen LogP contribution is -2.27. The van der Waals surface area contributed by atoms with Gasteiger partial charge in [-0.1, -0.05) is 6.42 Å². The van der Waals surface area contributed by atoms with Crippen LogP contribution in [0, 0.1) is 6.92 Å². The van der Waals surface area contributed by atoms with E-state index in [4.69, 9.17) is 0 Å². The fourth-order valence-corrected chi connectivity index (χ4v) is 3.19. The van der Waals surface area contributed by atoms with E-state index in [9.17, 15) is 4.79 Å². The molecule has 1 aliphatic carbocycles. The first-order valence-corrected chi connectivity index (χ1v) is 8.00. The minimum Gasteiger partial charge on any atom is -0.354 e. The Morgan fingerprint density at radius 3 is 2.86 bits per heavy atom. The van der Waals surface area contributed by atoms with Crippen molar-refractivity contribution in [3.8, 4) is 0 Å². The van der Waals surface area contributed by atoms with Crippen molar-refractivity contribution in [2.24, 2.45) is 7.05 Å². The summed E-state index contributed by atoms with van der Waals surface area (Å²) in [4.78, 5) is 14.4. The number of rotatable bonds is 3. The van der Waals surface area contributed by atoms with Gasteiger partial charge in [-0.3, -0.25) is 9.89 Å². The molecule has 0 aromatic carbocycles. The summed E-state index contributed by atoms with van der Waals surface area (Å²) in [5, 5.41) is 7.63. The summed E-state index contributed by atoms with van der Waals surface area (Å²) in [6.07, 6.45) is 7.81. The van der Waals surface area contributed by atoms with Gasteiger partial charge in [-0.05, 0) is 44.2 Å². The van der Waals surface area contributed by atoms with Crippen molar-refractivity contribution >= 4 is 5.91 Å². The molecule has 0 spiro atoms. The number of hydrogen-bond donors (Lipinski definition) is 1. The van der Waals surface area contributed by atoms with Crippen LogP contribution in [0.2, 0.25) is 0 Å². The van der Waals surface area contributed by atoms with E-state index < -0.39 is 0 Å². The lowest BCUT2D eigenvalue weighted by molar-refractivity contribution is 0.0782. The molecule has 0 saturated heterocycles. The van der Waals surface area contributed by atoms with E-state index >= 15 is 0 Å². The van der Waals surface area contributed by atoms with E-state index in [1.54, 1.807) is 4.90 Å². The highest BCUT2D eigenvalue weighted by Gasteiger charge is 2.20. The monoisotopic (exact) mass is 300 g/mol. The number of fused-ring (bicyclic) bond motifs is 1. The molecule has 3 rings (SSSR count). The Bertz CT molecular complexity index is 683. The summed E-state index contributed by atoms with van der Waals surface area (Å²) in [5.74, 6) is 0.0588. The van der Waals surface area contributed by atoms with Crippen LogP contribution in [0.3, 0.4) is 0 Å². The van der Waals surface area contributed by atoms with Gasteiger partial charge in [-0.15, -0.1) is 0 Å². The maximum Gasteiger partial charge on any atom is 0.255 e. The lowest BCUT2D eigenvalue weighted by atomic mass is 10.1. The van der Waals surface area contributed by atoms with E-state index in [1.165, 1.54) is 30.5 Å². The molecule has 1 N–H and O–H groups in total. The Hall–Kier alpha value is -2.04. The first-order chi connectivity index (χ1) is 10.6. The van der Waals surface area contributed by atoms with Gasteiger partial charge in [0.15, 0.2) is 0 Å². The third-order valence-corrected chi connectivity index (χ3v) is 4.74. The zero-order chi connectivity index (χ0) is 15.7. The van der Waals surface area contributed by atoms with Gasteiger partial charge in [0.2, 0.25) is 0 Å². The minimum atomic E-state index is 0.0588. The van der Waals surface area contributed by atoms with Crippen molar-refractivity contribution in [2.75, 3.05) is 7.05 Å². The second kappa shape index (κ2) is 5.99. The van der Waals surface area contributed by atoms with Crippen LogP contribution in [0.15, 0.2) is 12.3 Å². The van der Waals surface area contributed by atoms with Gasteiger partial charge in [0.05, 0.1) is 17.8 Å². The van der Waals surface area contributed by atoms with E-state index in [1.807, 2.05) is 37.8 Å². The van der Waals surface area contributed by atoms with Crippen LogP contribution in [0.5, 0.6) is 0 Å². The zero-order valence-corrected chi connectivity index (χ0v) is 13.6. The molecule has 0 fully saturated rings. The standard InChI is InChI=1S/C17H24N4O/c1-12-13(9-10-20(12)2)17(22)21(3)11-16-14-7-5-4-6-8-15(14)18-19-16/h9-10H,4-8,11H2,1-3H3,(H,18,19). The summed E-state index contributed by atoms with van der Waals surface area (Å²) in [6.45, 7) is 2.54. The Morgan fingerprint density at radius 2 is 2.14 bits per heavy atom. The number of carbonyl (C=O) groups is 1. The quantitative estimate of drug-likeness (QED) is 0.886. The third-order valence-electron chi connectivity index (χ3n) is 4.74. The van der Waals surface area contributed by atoms with Gasteiger partial charge < -0.3 is 9.47 Å². The Labute approximate surface area is 131 Å². The average molecular weight is 300 g/mol. The maximum absolute atomic E-state index is 12.6. The highest BCUT2D eigenvalue weighted by atomic mass is 16.2. The number of aromatic nitrogens is 3. The third kappa shape index (κ3) is 2.67. The highest BCUT2D eigenvalue weighted by molar-refractivity contribution is 5.95. The fourth-order valence-electron chi connectivity index (χ4n) is 3.19. The summed E-state index contributed by atoms with van der Waals surface area (Å²) in [7, 11) is 3.81. The maximum atomic E-state index is 12.6. The van der Waals surface area contributed by atoms with Crippen LogP contribution < -0.4 is 0 Å². The molecule has 2 heterocycles. The van der Waals surface area contributed by atoms with E-state index in [-0.39, 0.29) is 5.91 Å². The second-order valence-corrected chi connectivity index (χ2v) is 6.28. The number of aromatic amines is 1. The van der Waals surface area contributed by atoms with Crippen molar-refractivity contribution in [1.29, 1.82) is 0 Å². The van der Waals surface area contributed by atoms with Crippen molar-refractivity contribution in [3.05, 3.63) is 40.5 Å². The van der Waals surface area contributed by atoms with Crippen LogP contribution in [-0.4, -0.2) is 32.6 Å². The molecular weight excluding hydrogens is 276 g/mol. The number of H-pyrrole nitrogens is 1. The van der Waals surface area contributed by atoms with Crippen molar-refractivity contribution in [3.63, 3.8) is 0 Å².